The molecule has 0 saturated heterocycles. The fourth-order valence-corrected chi connectivity index (χ4v) is 3.28. The summed E-state index contributed by atoms with van der Waals surface area (Å²) in [5, 5.41) is -0.138. The SMILES string of the molecule is COC(=O)c1nc(-c2ccc(C)cc2)n(C)c(=O)c1O[Si](C)(C)C(C)(C)C. The molecule has 0 N–H and O–H groups in total. The van der Waals surface area contributed by atoms with Crippen LogP contribution in [0.3, 0.4) is 0 Å². The van der Waals surface area contributed by atoms with E-state index in [2.05, 4.69) is 25.8 Å². The predicted molar refractivity (Wildman–Crippen MR) is 109 cm³/mol. The quantitative estimate of drug-likeness (QED) is 0.586. The zero-order chi connectivity index (χ0) is 20.6. The number of benzene rings is 1. The third-order valence-corrected chi connectivity index (χ3v) is 9.43. The first-order valence-electron chi connectivity index (χ1n) is 8.84. The van der Waals surface area contributed by atoms with Crippen molar-refractivity contribution in [3.63, 3.8) is 0 Å². The molecule has 1 heterocycles. The van der Waals surface area contributed by atoms with Crippen molar-refractivity contribution in [1.82, 2.24) is 9.55 Å². The van der Waals surface area contributed by atoms with Crippen molar-refractivity contribution in [1.29, 1.82) is 0 Å². The number of esters is 1. The minimum absolute atomic E-state index is 0.0354. The average Bonchev–Trinajstić information content (AvgIpc) is 2.58. The highest BCUT2D eigenvalue weighted by Crippen LogP contribution is 2.37. The highest BCUT2D eigenvalue weighted by atomic mass is 28.4. The summed E-state index contributed by atoms with van der Waals surface area (Å²) in [6, 6.07) is 7.60. The van der Waals surface area contributed by atoms with Gasteiger partial charge >= 0.3 is 5.97 Å². The fraction of sp³-hybridized carbons (Fsp3) is 0.450. The summed E-state index contributed by atoms with van der Waals surface area (Å²) in [6.45, 7) is 12.2. The summed E-state index contributed by atoms with van der Waals surface area (Å²) >= 11 is 0. The number of rotatable bonds is 4. The monoisotopic (exact) mass is 388 g/mol. The Bertz CT molecular complexity index is 909. The third kappa shape index (κ3) is 4.13. The largest absolute Gasteiger partial charge is 0.538 e. The molecule has 0 radical (unpaired) electrons. The maximum absolute atomic E-state index is 13.1. The van der Waals surface area contributed by atoms with Crippen molar-refractivity contribution in [2.75, 3.05) is 7.11 Å². The van der Waals surface area contributed by atoms with Gasteiger partial charge in [-0.25, -0.2) is 9.78 Å². The molecule has 0 unspecified atom stereocenters. The van der Waals surface area contributed by atoms with Crippen LogP contribution in [-0.2, 0) is 11.8 Å². The molecule has 0 atom stereocenters. The molecule has 0 amide bonds. The van der Waals surface area contributed by atoms with E-state index in [1.54, 1.807) is 7.05 Å². The van der Waals surface area contributed by atoms with Gasteiger partial charge in [0.15, 0.2) is 5.69 Å². The molecule has 1 aromatic carbocycles. The molecule has 2 rings (SSSR count). The van der Waals surface area contributed by atoms with Crippen LogP contribution < -0.4 is 9.99 Å². The number of hydrogen-bond donors (Lipinski definition) is 0. The van der Waals surface area contributed by atoms with Crippen LogP contribution in [0.1, 0.15) is 36.8 Å². The molecule has 0 aliphatic heterocycles. The number of aryl methyl sites for hydroxylation is 1. The molecule has 0 saturated carbocycles. The van der Waals surface area contributed by atoms with Crippen LogP contribution in [0.15, 0.2) is 29.1 Å². The highest BCUT2D eigenvalue weighted by Gasteiger charge is 2.41. The number of ether oxygens (including phenoxy) is 1. The maximum Gasteiger partial charge on any atom is 0.360 e. The first-order valence-corrected chi connectivity index (χ1v) is 11.8. The average molecular weight is 389 g/mol. The molecular formula is C20H28N2O4Si. The molecule has 2 aromatic rings. The van der Waals surface area contributed by atoms with Crippen LogP contribution >= 0.6 is 0 Å². The van der Waals surface area contributed by atoms with E-state index in [4.69, 9.17) is 9.16 Å². The zero-order valence-electron chi connectivity index (χ0n) is 17.3. The van der Waals surface area contributed by atoms with Crippen molar-refractivity contribution in [2.45, 2.75) is 45.8 Å². The molecule has 6 nitrogen and oxygen atoms in total. The Morgan fingerprint density at radius 3 is 2.19 bits per heavy atom. The smallest absolute Gasteiger partial charge is 0.360 e. The van der Waals surface area contributed by atoms with Gasteiger partial charge in [-0.15, -0.1) is 0 Å². The van der Waals surface area contributed by atoms with Gasteiger partial charge in [-0.1, -0.05) is 50.6 Å². The van der Waals surface area contributed by atoms with Gasteiger partial charge in [-0.2, -0.15) is 0 Å². The summed E-state index contributed by atoms with van der Waals surface area (Å²) in [6.07, 6.45) is 0. The van der Waals surface area contributed by atoms with Crippen LogP contribution in [0.25, 0.3) is 11.4 Å². The first-order chi connectivity index (χ1) is 12.4. The Morgan fingerprint density at radius 1 is 1.15 bits per heavy atom. The minimum atomic E-state index is -2.36. The Labute approximate surface area is 161 Å². The van der Waals surface area contributed by atoms with E-state index in [0.29, 0.717) is 5.82 Å². The number of methoxy groups -OCH3 is 1. The van der Waals surface area contributed by atoms with E-state index >= 15 is 0 Å². The fourth-order valence-electron chi connectivity index (χ4n) is 2.28. The van der Waals surface area contributed by atoms with Crippen LogP contribution in [0.4, 0.5) is 0 Å². The van der Waals surface area contributed by atoms with Gasteiger partial charge in [-0.05, 0) is 25.1 Å². The molecule has 27 heavy (non-hydrogen) atoms. The topological polar surface area (TPSA) is 70.4 Å². The second-order valence-electron chi connectivity index (χ2n) is 8.20. The van der Waals surface area contributed by atoms with Gasteiger partial charge in [0, 0.05) is 12.6 Å². The van der Waals surface area contributed by atoms with Gasteiger partial charge in [0.1, 0.15) is 5.82 Å². The minimum Gasteiger partial charge on any atom is -0.538 e. The van der Waals surface area contributed by atoms with Crippen LogP contribution in [0.2, 0.25) is 18.1 Å². The second kappa shape index (κ2) is 7.30. The third-order valence-electron chi connectivity index (χ3n) is 5.10. The molecule has 7 heteroatoms. The van der Waals surface area contributed by atoms with Crippen molar-refractivity contribution in [3.05, 3.63) is 45.9 Å². The summed E-state index contributed by atoms with van der Waals surface area (Å²) in [5.41, 5.74) is 1.35. The Hall–Kier alpha value is -2.41. The van der Waals surface area contributed by atoms with E-state index in [1.807, 2.05) is 44.3 Å². The maximum atomic E-state index is 13.1. The lowest BCUT2D eigenvalue weighted by Crippen LogP contribution is -2.46. The van der Waals surface area contributed by atoms with Crippen molar-refractivity contribution < 1.29 is 14.0 Å². The molecule has 146 valence electrons. The molecule has 0 aliphatic carbocycles. The van der Waals surface area contributed by atoms with Gasteiger partial charge < -0.3 is 9.16 Å². The number of aromatic nitrogens is 2. The second-order valence-corrected chi connectivity index (χ2v) is 12.9. The van der Waals surface area contributed by atoms with Gasteiger partial charge in [0.25, 0.3) is 13.9 Å². The molecule has 0 aliphatic rings. The summed E-state index contributed by atoms with van der Waals surface area (Å²) in [7, 11) is 0.541. The number of carbonyl (C=O) groups excluding carboxylic acids is 1. The van der Waals surface area contributed by atoms with Crippen molar-refractivity contribution >= 4 is 14.3 Å². The molecule has 0 fully saturated rings. The van der Waals surface area contributed by atoms with Crippen LogP contribution in [-0.4, -0.2) is 30.9 Å². The van der Waals surface area contributed by atoms with E-state index < -0.39 is 19.8 Å². The summed E-state index contributed by atoms with van der Waals surface area (Å²) in [5.74, 6) is -0.329. The summed E-state index contributed by atoms with van der Waals surface area (Å²) < 4.78 is 12.5. The Morgan fingerprint density at radius 2 is 1.70 bits per heavy atom. The molecular weight excluding hydrogens is 360 g/mol. The zero-order valence-corrected chi connectivity index (χ0v) is 18.3. The molecule has 0 bridgehead atoms. The Kier molecular flexibility index (Phi) is 5.65. The van der Waals surface area contributed by atoms with E-state index in [9.17, 15) is 9.59 Å². The highest BCUT2D eigenvalue weighted by molar-refractivity contribution is 6.74. The molecule has 1 aromatic heterocycles. The van der Waals surface area contributed by atoms with Crippen LogP contribution in [0, 0.1) is 6.92 Å². The standard InChI is InChI=1S/C20H28N2O4Si/c1-13-9-11-14(12-10-13)17-21-15(19(24)25-6)16(18(23)22(17)5)26-27(7,8)20(2,3)4/h9-12H,1-8H3. The lowest BCUT2D eigenvalue weighted by molar-refractivity contribution is 0.0591. The Balaban J connectivity index is 2.71. The number of carbonyl (C=O) groups is 1. The van der Waals surface area contributed by atoms with Crippen LogP contribution in [0.5, 0.6) is 5.75 Å². The lowest BCUT2D eigenvalue weighted by Gasteiger charge is -2.36. The first kappa shape index (κ1) is 20.9. The van der Waals surface area contributed by atoms with Gasteiger partial charge in [0.05, 0.1) is 7.11 Å². The predicted octanol–water partition coefficient (Wildman–Crippen LogP) is 3.93. The van der Waals surface area contributed by atoms with E-state index in [0.717, 1.165) is 11.1 Å². The van der Waals surface area contributed by atoms with E-state index in [1.165, 1.54) is 11.7 Å². The van der Waals surface area contributed by atoms with Gasteiger partial charge in [-0.3, -0.25) is 9.36 Å². The van der Waals surface area contributed by atoms with Gasteiger partial charge in [0.2, 0.25) is 5.75 Å². The van der Waals surface area contributed by atoms with Crippen molar-refractivity contribution in [2.24, 2.45) is 7.05 Å². The number of hydrogen-bond acceptors (Lipinski definition) is 5. The van der Waals surface area contributed by atoms with E-state index in [-0.39, 0.29) is 16.5 Å². The summed E-state index contributed by atoms with van der Waals surface area (Å²) in [4.78, 5) is 29.9. The lowest BCUT2D eigenvalue weighted by atomic mass is 10.1. The number of nitrogens with zero attached hydrogens (tertiary/aromatic N) is 2. The molecule has 0 spiro atoms. The van der Waals surface area contributed by atoms with Crippen molar-refractivity contribution in [3.8, 4) is 17.1 Å². The normalized spacial score (nSPS) is 12.0.